The van der Waals surface area contributed by atoms with E-state index in [2.05, 4.69) is 0 Å². The predicted molar refractivity (Wildman–Crippen MR) is 219 cm³/mol. The van der Waals surface area contributed by atoms with Crippen LogP contribution in [0.1, 0.15) is 104 Å². The number of hydrogen-bond acceptors (Lipinski definition) is 21. The lowest BCUT2D eigenvalue weighted by Crippen LogP contribution is -2.79. The van der Waals surface area contributed by atoms with Crippen LogP contribution in [0.5, 0.6) is 34.5 Å². The van der Waals surface area contributed by atoms with Gasteiger partial charge in [-0.15, -0.1) is 0 Å². The van der Waals surface area contributed by atoms with Gasteiger partial charge in [-0.3, -0.25) is 19.2 Å². The first-order valence-corrected chi connectivity index (χ1v) is 21.2. The van der Waals surface area contributed by atoms with E-state index in [-0.39, 0.29) is 36.0 Å². The van der Waals surface area contributed by atoms with Gasteiger partial charge in [-0.2, -0.15) is 0 Å². The number of hydrogen-bond donors (Lipinski definition) is 13. The maximum absolute atomic E-state index is 15.1. The van der Waals surface area contributed by atoms with Crippen molar-refractivity contribution in [2.45, 2.75) is 111 Å². The summed E-state index contributed by atoms with van der Waals surface area (Å²) in [6, 6.07) is 1.21. The molecule has 0 amide bonds. The summed E-state index contributed by atoms with van der Waals surface area (Å²) in [7, 11) is 3.09. The number of ether oxygens (including phenoxy) is 4. The first kappa shape index (κ1) is 45.7. The SMILES string of the molecule is CCC[C@@]12O[C@H]3c4c(O)c5c(c(O)c4C(=O)[C@]1(O)[C@H]3[C@@H](O)[C@H](O)[C@H]2O)C(=O)C(c1c(OC)c(OC)c2cc3c(c(O)c2c1O)C(=O)[C@]1(O)[C@@H](C3)[C@H](O)[C@@H](O)[C@H](O)[C@@]1(O)CCC)=C(OC)C5=O. The number of phenols is 4. The molecule has 3 aromatic rings. The Labute approximate surface area is 372 Å². The molecule has 6 aliphatic rings. The summed E-state index contributed by atoms with van der Waals surface area (Å²) >= 11 is 0. The van der Waals surface area contributed by atoms with Gasteiger partial charge in [0.1, 0.15) is 58.6 Å². The fraction of sp³-hybridized carbons (Fsp3) is 0.511. The molecule has 1 heterocycles. The van der Waals surface area contributed by atoms with Crippen molar-refractivity contribution in [3.8, 4) is 34.5 Å². The van der Waals surface area contributed by atoms with Gasteiger partial charge >= 0.3 is 0 Å². The number of aliphatic hydroxyl groups is 9. The lowest BCUT2D eigenvalue weighted by Gasteiger charge is -2.57. The molecule has 0 aromatic heterocycles. The van der Waals surface area contributed by atoms with E-state index in [9.17, 15) is 80.8 Å². The Bertz CT molecular complexity index is 2760. The maximum Gasteiger partial charge on any atom is 0.232 e. The van der Waals surface area contributed by atoms with Crippen molar-refractivity contribution in [3.63, 3.8) is 0 Å². The highest BCUT2D eigenvalue weighted by atomic mass is 16.6. The molecule has 0 spiro atoms. The van der Waals surface area contributed by atoms with Crippen LogP contribution in [0.4, 0.5) is 0 Å². The minimum absolute atomic E-state index is 0.0548. The van der Waals surface area contributed by atoms with E-state index >= 15 is 4.79 Å². The molecule has 13 atom stereocenters. The maximum atomic E-state index is 15.1. The van der Waals surface area contributed by atoms with E-state index < -0.39 is 192 Å². The number of phenolic OH excluding ortho intramolecular Hbond substituents is 4. The van der Waals surface area contributed by atoms with E-state index in [4.69, 9.17) is 18.9 Å². The zero-order valence-corrected chi connectivity index (χ0v) is 35.9. The average Bonchev–Trinajstić information content (AvgIpc) is 3.45. The van der Waals surface area contributed by atoms with Gasteiger partial charge < -0.3 is 85.3 Å². The summed E-state index contributed by atoms with van der Waals surface area (Å²) in [5.41, 5.74) is -17.2. The van der Waals surface area contributed by atoms with Gasteiger partial charge in [-0.25, -0.2) is 0 Å². The first-order valence-electron chi connectivity index (χ1n) is 21.2. The van der Waals surface area contributed by atoms with Gasteiger partial charge in [0, 0.05) is 16.9 Å². The Kier molecular flexibility index (Phi) is 10.1. The van der Waals surface area contributed by atoms with Crippen molar-refractivity contribution in [2.24, 2.45) is 11.8 Å². The molecule has 66 heavy (non-hydrogen) atoms. The number of ketones is 4. The van der Waals surface area contributed by atoms with E-state index in [1.165, 1.54) is 6.07 Å². The van der Waals surface area contributed by atoms with Crippen LogP contribution in [0.15, 0.2) is 11.8 Å². The molecule has 1 aliphatic heterocycles. The number of rotatable bonds is 8. The van der Waals surface area contributed by atoms with E-state index in [1.807, 2.05) is 0 Å². The van der Waals surface area contributed by atoms with Crippen molar-refractivity contribution >= 4 is 39.5 Å². The lowest BCUT2D eigenvalue weighted by atomic mass is 9.54. The summed E-state index contributed by atoms with van der Waals surface area (Å²) < 4.78 is 22.9. The Morgan fingerprint density at radius 3 is 1.80 bits per heavy atom. The number of benzene rings is 3. The second-order valence-corrected chi connectivity index (χ2v) is 18.0. The van der Waals surface area contributed by atoms with E-state index in [1.54, 1.807) is 13.8 Å². The van der Waals surface area contributed by atoms with Crippen molar-refractivity contribution < 1.29 is 105 Å². The molecular weight excluding hydrogens is 876 g/mol. The Morgan fingerprint density at radius 1 is 0.636 bits per heavy atom. The molecule has 0 radical (unpaired) electrons. The number of allylic oxidation sites excluding steroid dienone is 2. The van der Waals surface area contributed by atoms with Crippen LogP contribution in [0, 0.1) is 11.8 Å². The predicted octanol–water partition coefficient (Wildman–Crippen LogP) is -0.920. The van der Waals surface area contributed by atoms with Crippen LogP contribution in [0.3, 0.4) is 0 Å². The first-order chi connectivity index (χ1) is 31.0. The van der Waals surface area contributed by atoms with Gasteiger partial charge in [0.05, 0.1) is 84.3 Å². The zero-order valence-electron chi connectivity index (χ0n) is 35.9. The number of aromatic hydroxyl groups is 4. The van der Waals surface area contributed by atoms with E-state index in [0.717, 1.165) is 21.3 Å². The molecule has 3 aromatic carbocycles. The van der Waals surface area contributed by atoms with Crippen LogP contribution < -0.4 is 9.47 Å². The van der Waals surface area contributed by atoms with Gasteiger partial charge in [0.25, 0.3) is 0 Å². The number of aliphatic hydroxyl groups excluding tert-OH is 6. The molecule has 21 heteroatoms. The number of Topliss-reactive ketones (excluding diaryl/α,β-unsaturated/α-hetero) is 4. The molecule has 3 fully saturated rings. The highest BCUT2D eigenvalue weighted by Crippen LogP contribution is 2.67. The quantitative estimate of drug-likeness (QED) is 0.122. The van der Waals surface area contributed by atoms with Gasteiger partial charge in [-0.05, 0) is 30.9 Å². The summed E-state index contributed by atoms with van der Waals surface area (Å²) in [6.45, 7) is 3.16. The van der Waals surface area contributed by atoms with Crippen molar-refractivity contribution in [1.82, 2.24) is 0 Å². The fourth-order valence-corrected chi connectivity index (χ4v) is 12.3. The zero-order chi connectivity index (χ0) is 48.4. The largest absolute Gasteiger partial charge is 0.507 e. The molecule has 354 valence electrons. The summed E-state index contributed by atoms with van der Waals surface area (Å²) in [4.78, 5) is 59.0. The highest BCUT2D eigenvalue weighted by molar-refractivity contribution is 6.43. The third kappa shape index (κ3) is 4.87. The molecule has 0 unspecified atom stereocenters. The molecule has 5 aliphatic carbocycles. The smallest absolute Gasteiger partial charge is 0.232 e. The molecule has 4 bridgehead atoms. The second kappa shape index (κ2) is 14.5. The van der Waals surface area contributed by atoms with Crippen LogP contribution in [0.25, 0.3) is 16.3 Å². The normalized spacial score (nSPS) is 36.5. The standard InChI is InChI=1S/C45H48O21/c1-6-8-42(60)40(58)32(54)24(46)14-11-12-10-13-16(25(47)15(12)38(56)44(14,42)61)26(48)20(37(65-5)34(13)63-3)19-27(49)17-18(30(52)36(19)64-4)28(50)21-22(29(17)51)39(57)45(62)23-31(53)33(55)41(59)43(45,9-7-2)66-35(21)23/h10,14,23-24,31-33,35,40-41,46-48,50-51,53-55,58-62H,6-9,11H2,1-5H3/t14-,23-,24-,31+,32+,33-,35-,40-,41+,42-,43-,44+,45+/m0/s1. The molecule has 9 rings (SSSR count). The topological polar surface area (TPSA) is 368 Å². The molecule has 21 nitrogen and oxygen atoms in total. The molecule has 2 saturated carbocycles. The summed E-state index contributed by atoms with van der Waals surface area (Å²) in [5, 5.41) is 150. The third-order valence-corrected chi connectivity index (χ3v) is 15.2. The van der Waals surface area contributed by atoms with Crippen LogP contribution in [-0.4, -0.2) is 170 Å². The van der Waals surface area contributed by atoms with Crippen molar-refractivity contribution in [3.05, 3.63) is 50.8 Å². The minimum Gasteiger partial charge on any atom is -0.507 e. The average molecular weight is 925 g/mol. The molecule has 1 saturated heterocycles. The fourth-order valence-electron chi connectivity index (χ4n) is 12.3. The second-order valence-electron chi connectivity index (χ2n) is 18.0. The highest BCUT2D eigenvalue weighted by Gasteiger charge is 2.80. The Hall–Kier alpha value is -5.46. The Morgan fingerprint density at radius 2 is 1.21 bits per heavy atom. The lowest BCUT2D eigenvalue weighted by molar-refractivity contribution is -0.282. The number of methoxy groups -OCH3 is 3. The van der Waals surface area contributed by atoms with Gasteiger partial charge in [-0.1, -0.05) is 26.7 Å². The van der Waals surface area contributed by atoms with Crippen molar-refractivity contribution in [1.29, 1.82) is 0 Å². The monoisotopic (exact) mass is 924 g/mol. The summed E-state index contributed by atoms with van der Waals surface area (Å²) in [5.74, 6) is -15.6. The molecule has 13 N–H and O–H groups in total. The van der Waals surface area contributed by atoms with E-state index in [0.29, 0.717) is 0 Å². The van der Waals surface area contributed by atoms with Crippen LogP contribution >= 0.6 is 0 Å². The number of carbonyl (C=O) groups excluding carboxylic acids is 4. The number of carbonyl (C=O) groups is 4. The van der Waals surface area contributed by atoms with Gasteiger partial charge in [0.15, 0.2) is 28.5 Å². The van der Waals surface area contributed by atoms with Crippen LogP contribution in [0.2, 0.25) is 0 Å². The minimum atomic E-state index is -3.05. The number of fused-ring (bicyclic) bond motifs is 6. The van der Waals surface area contributed by atoms with Crippen LogP contribution in [-0.2, 0) is 15.9 Å². The van der Waals surface area contributed by atoms with Crippen molar-refractivity contribution in [2.75, 3.05) is 21.3 Å². The molecular formula is C45H48O21. The van der Waals surface area contributed by atoms with Gasteiger partial charge in [0.2, 0.25) is 23.1 Å². The summed E-state index contributed by atoms with van der Waals surface area (Å²) in [6.07, 6.45) is -15.2. The third-order valence-electron chi connectivity index (χ3n) is 15.2. The Balaban J connectivity index is 1.29.